The molecule has 1 aromatic carbocycles. The monoisotopic (exact) mass is 291 g/mol. The van der Waals surface area contributed by atoms with E-state index < -0.39 is 0 Å². The third-order valence-electron chi connectivity index (χ3n) is 4.25. The molecule has 1 unspecified atom stereocenters. The van der Waals surface area contributed by atoms with Gasteiger partial charge in [0.05, 0.1) is 0 Å². The molecule has 1 atom stereocenters. The number of hydrogen-bond donors (Lipinski definition) is 1. The van der Waals surface area contributed by atoms with Crippen molar-refractivity contribution in [3.8, 4) is 0 Å². The smallest absolute Gasteiger partial charge is 0.0473 e. The molecule has 0 heterocycles. The van der Waals surface area contributed by atoms with Gasteiger partial charge in [-0.15, -0.1) is 0 Å². The molecule has 0 fully saturated rings. The molecule has 0 aliphatic rings. The van der Waals surface area contributed by atoms with Gasteiger partial charge < -0.3 is 10.6 Å². The van der Waals surface area contributed by atoms with Crippen LogP contribution in [-0.2, 0) is 0 Å². The number of benzene rings is 1. The zero-order chi connectivity index (χ0) is 16.0. The lowest BCUT2D eigenvalue weighted by molar-refractivity contribution is 0.182. The van der Waals surface area contributed by atoms with Crippen LogP contribution in [0.1, 0.15) is 41.6 Å². The number of rotatable bonds is 8. The largest absolute Gasteiger partial charge is 0.329 e. The van der Waals surface area contributed by atoms with Crippen molar-refractivity contribution in [2.24, 2.45) is 5.73 Å². The van der Waals surface area contributed by atoms with Crippen LogP contribution >= 0.6 is 0 Å². The van der Waals surface area contributed by atoms with E-state index in [9.17, 15) is 0 Å². The molecule has 0 aromatic heterocycles. The van der Waals surface area contributed by atoms with E-state index in [0.717, 1.165) is 26.1 Å². The summed E-state index contributed by atoms with van der Waals surface area (Å²) in [5.41, 5.74) is 11.6. The highest BCUT2D eigenvalue weighted by atomic mass is 15.2. The Kier molecular flexibility index (Phi) is 7.36. The molecule has 3 nitrogen and oxygen atoms in total. The Morgan fingerprint density at radius 2 is 1.57 bits per heavy atom. The number of nitrogens with zero attached hydrogens (tertiary/aromatic N) is 2. The van der Waals surface area contributed by atoms with Crippen LogP contribution < -0.4 is 5.73 Å². The molecule has 0 bridgehead atoms. The molecule has 2 N–H and O–H groups in total. The van der Waals surface area contributed by atoms with Gasteiger partial charge >= 0.3 is 0 Å². The van der Waals surface area contributed by atoms with Gasteiger partial charge in [-0.2, -0.15) is 0 Å². The lowest BCUT2D eigenvalue weighted by atomic mass is 9.94. The molecule has 120 valence electrons. The number of aryl methyl sites for hydroxylation is 3. The lowest BCUT2D eigenvalue weighted by Gasteiger charge is -2.33. The first-order chi connectivity index (χ1) is 9.90. The van der Waals surface area contributed by atoms with Crippen LogP contribution in [0, 0.1) is 20.8 Å². The second kappa shape index (κ2) is 8.52. The first kappa shape index (κ1) is 18.1. The van der Waals surface area contributed by atoms with Gasteiger partial charge in [-0.1, -0.05) is 19.1 Å². The van der Waals surface area contributed by atoms with Crippen molar-refractivity contribution >= 4 is 0 Å². The Morgan fingerprint density at radius 3 is 2.10 bits per heavy atom. The molecule has 1 rings (SSSR count). The summed E-state index contributed by atoms with van der Waals surface area (Å²) in [5.74, 6) is 0. The fourth-order valence-corrected chi connectivity index (χ4v) is 2.85. The third-order valence-corrected chi connectivity index (χ3v) is 4.25. The van der Waals surface area contributed by atoms with Gasteiger partial charge in [0, 0.05) is 25.7 Å². The second-order valence-corrected chi connectivity index (χ2v) is 6.38. The Bertz CT molecular complexity index is 440. The fourth-order valence-electron chi connectivity index (χ4n) is 2.85. The van der Waals surface area contributed by atoms with E-state index in [1.54, 1.807) is 0 Å². The minimum Gasteiger partial charge on any atom is -0.329 e. The van der Waals surface area contributed by atoms with Gasteiger partial charge in [0.25, 0.3) is 0 Å². The first-order valence-corrected chi connectivity index (χ1v) is 8.07. The Morgan fingerprint density at radius 1 is 0.952 bits per heavy atom. The minimum absolute atomic E-state index is 0.323. The third kappa shape index (κ3) is 5.10. The zero-order valence-electron chi connectivity index (χ0n) is 14.7. The quantitative estimate of drug-likeness (QED) is 0.799. The predicted octanol–water partition coefficient (Wildman–Crippen LogP) is 2.89. The van der Waals surface area contributed by atoms with Crippen LogP contribution in [0.2, 0.25) is 0 Å². The van der Waals surface area contributed by atoms with Crippen molar-refractivity contribution < 1.29 is 0 Å². The normalized spacial score (nSPS) is 13.2. The van der Waals surface area contributed by atoms with Crippen LogP contribution in [0.3, 0.4) is 0 Å². The molecule has 0 radical (unpaired) electrons. The summed E-state index contributed by atoms with van der Waals surface area (Å²) in [6, 6.07) is 4.95. The van der Waals surface area contributed by atoms with Crippen molar-refractivity contribution in [1.82, 2.24) is 9.80 Å². The molecular formula is C18H33N3. The van der Waals surface area contributed by atoms with E-state index in [2.05, 4.69) is 63.7 Å². The molecular weight excluding hydrogens is 258 g/mol. The summed E-state index contributed by atoms with van der Waals surface area (Å²) in [6.45, 7) is 12.7. The summed E-state index contributed by atoms with van der Waals surface area (Å²) in [6.07, 6.45) is 1.16. The van der Waals surface area contributed by atoms with Crippen LogP contribution in [0.4, 0.5) is 0 Å². The Hall–Kier alpha value is -0.900. The summed E-state index contributed by atoms with van der Waals surface area (Å²) < 4.78 is 0. The van der Waals surface area contributed by atoms with Crippen LogP contribution in [-0.4, -0.2) is 50.1 Å². The van der Waals surface area contributed by atoms with Gasteiger partial charge in [-0.3, -0.25) is 4.90 Å². The number of likely N-dealkylation sites (N-methyl/N-ethyl adjacent to an activating group) is 1. The molecule has 0 saturated heterocycles. The highest BCUT2D eigenvalue weighted by molar-refractivity contribution is 5.38. The molecule has 0 aliphatic carbocycles. The second-order valence-electron chi connectivity index (χ2n) is 6.38. The summed E-state index contributed by atoms with van der Waals surface area (Å²) in [4.78, 5) is 4.78. The van der Waals surface area contributed by atoms with E-state index in [0.29, 0.717) is 12.6 Å². The van der Waals surface area contributed by atoms with E-state index >= 15 is 0 Å². The van der Waals surface area contributed by atoms with Gasteiger partial charge in [0.15, 0.2) is 0 Å². The maximum atomic E-state index is 6.14. The van der Waals surface area contributed by atoms with Gasteiger partial charge in [0.2, 0.25) is 0 Å². The van der Waals surface area contributed by atoms with Crippen LogP contribution in [0.5, 0.6) is 0 Å². The van der Waals surface area contributed by atoms with Crippen molar-refractivity contribution in [2.75, 3.05) is 40.3 Å². The predicted molar refractivity (Wildman–Crippen MR) is 92.9 cm³/mol. The van der Waals surface area contributed by atoms with Crippen molar-refractivity contribution in [3.63, 3.8) is 0 Å². The molecule has 21 heavy (non-hydrogen) atoms. The van der Waals surface area contributed by atoms with Gasteiger partial charge in [0.1, 0.15) is 0 Å². The minimum atomic E-state index is 0.323. The van der Waals surface area contributed by atoms with Gasteiger partial charge in [-0.25, -0.2) is 0 Å². The topological polar surface area (TPSA) is 32.5 Å². The summed E-state index contributed by atoms with van der Waals surface area (Å²) in [5, 5.41) is 0. The fraction of sp³-hybridized carbons (Fsp3) is 0.667. The van der Waals surface area contributed by atoms with Crippen molar-refractivity contribution in [2.45, 2.75) is 40.2 Å². The zero-order valence-corrected chi connectivity index (χ0v) is 14.7. The Labute approximate surface area is 131 Å². The molecule has 0 saturated carbocycles. The molecule has 3 heteroatoms. The molecule has 0 amide bonds. The van der Waals surface area contributed by atoms with E-state index in [-0.39, 0.29) is 0 Å². The molecule has 0 aliphatic heterocycles. The van der Waals surface area contributed by atoms with Crippen LogP contribution in [0.25, 0.3) is 0 Å². The standard InChI is InChI=1S/C18H33N3/c1-7-8-21(10-9-20(5)6)18(13-19)17-12-15(3)14(2)11-16(17)4/h11-12,18H,7-10,13,19H2,1-6H3. The van der Waals surface area contributed by atoms with E-state index in [1.165, 1.54) is 22.3 Å². The molecule has 1 aromatic rings. The average molecular weight is 291 g/mol. The van der Waals surface area contributed by atoms with E-state index in [1.807, 2.05) is 0 Å². The lowest BCUT2D eigenvalue weighted by Crippen LogP contribution is -2.39. The highest BCUT2D eigenvalue weighted by Crippen LogP contribution is 2.26. The number of nitrogens with two attached hydrogens (primary N) is 1. The summed E-state index contributed by atoms with van der Waals surface area (Å²) in [7, 11) is 4.26. The summed E-state index contributed by atoms with van der Waals surface area (Å²) >= 11 is 0. The van der Waals surface area contributed by atoms with E-state index in [4.69, 9.17) is 5.73 Å². The van der Waals surface area contributed by atoms with Crippen molar-refractivity contribution in [3.05, 3.63) is 34.4 Å². The SMILES string of the molecule is CCCN(CCN(C)C)C(CN)c1cc(C)c(C)cc1C. The maximum absolute atomic E-state index is 6.14. The molecule has 0 spiro atoms. The number of hydrogen-bond acceptors (Lipinski definition) is 3. The van der Waals surface area contributed by atoms with Gasteiger partial charge in [-0.05, 0) is 70.1 Å². The Balaban J connectivity index is 3.04. The van der Waals surface area contributed by atoms with Crippen LogP contribution in [0.15, 0.2) is 12.1 Å². The highest BCUT2D eigenvalue weighted by Gasteiger charge is 2.20. The first-order valence-electron chi connectivity index (χ1n) is 8.07. The average Bonchev–Trinajstić information content (AvgIpc) is 2.42. The van der Waals surface area contributed by atoms with Crippen molar-refractivity contribution in [1.29, 1.82) is 0 Å². The maximum Gasteiger partial charge on any atom is 0.0473 e.